The standard InChI is InChI=1S/C20H20F4N4O3S2/c1-11(2)28-17-13(10-25-19(26-17)32-3)8-14(18(28)29)12-4-5-16(15(21)9-12)27-33(30,31)7-6-20(22,23)24/h4-5,8-11,27H,6-7H2,1-3H3. The van der Waals surface area contributed by atoms with E-state index >= 15 is 0 Å². The molecule has 1 N–H and O–H groups in total. The van der Waals surface area contributed by atoms with Crippen LogP contribution in [0.3, 0.4) is 0 Å². The number of hydrogen-bond acceptors (Lipinski definition) is 6. The summed E-state index contributed by atoms with van der Waals surface area (Å²) in [5.74, 6) is -2.27. The normalized spacial score (nSPS) is 12.5. The number of sulfonamides is 1. The number of halogens is 4. The van der Waals surface area contributed by atoms with Crippen LogP contribution in [-0.4, -0.2) is 41.1 Å². The van der Waals surface area contributed by atoms with E-state index in [9.17, 15) is 30.8 Å². The molecule has 0 amide bonds. The summed E-state index contributed by atoms with van der Waals surface area (Å²) in [7, 11) is -4.42. The van der Waals surface area contributed by atoms with Gasteiger partial charge in [-0.2, -0.15) is 13.2 Å². The number of rotatable bonds is 7. The second-order valence-corrected chi connectivity index (χ2v) is 10.1. The SMILES string of the molecule is CSc1ncc2cc(-c3ccc(NS(=O)(=O)CCC(F)(F)F)c(F)c3)c(=O)n(C(C)C)c2n1. The van der Waals surface area contributed by atoms with Crippen molar-refractivity contribution in [3.8, 4) is 11.1 Å². The van der Waals surface area contributed by atoms with Crippen LogP contribution in [0, 0.1) is 5.82 Å². The van der Waals surface area contributed by atoms with E-state index in [-0.39, 0.29) is 17.2 Å². The number of nitrogens with zero attached hydrogens (tertiary/aromatic N) is 3. The van der Waals surface area contributed by atoms with E-state index in [1.807, 2.05) is 4.72 Å². The summed E-state index contributed by atoms with van der Waals surface area (Å²) in [4.78, 5) is 21.8. The Balaban J connectivity index is 2.02. The van der Waals surface area contributed by atoms with Gasteiger partial charge >= 0.3 is 6.18 Å². The minimum atomic E-state index is -4.66. The van der Waals surface area contributed by atoms with Gasteiger partial charge in [-0.1, -0.05) is 17.8 Å². The summed E-state index contributed by atoms with van der Waals surface area (Å²) in [6.07, 6.45) is -2.87. The average molecular weight is 505 g/mol. The molecule has 13 heteroatoms. The van der Waals surface area contributed by atoms with Crippen LogP contribution in [0.2, 0.25) is 0 Å². The smallest absolute Gasteiger partial charge is 0.289 e. The fourth-order valence-corrected chi connectivity index (χ4v) is 4.56. The summed E-state index contributed by atoms with van der Waals surface area (Å²) in [6.45, 7) is 3.59. The van der Waals surface area contributed by atoms with Gasteiger partial charge in [-0.15, -0.1) is 0 Å². The molecule has 0 bridgehead atoms. The van der Waals surface area contributed by atoms with Gasteiger partial charge in [-0.3, -0.25) is 14.1 Å². The molecule has 0 spiro atoms. The maximum atomic E-state index is 14.7. The summed E-state index contributed by atoms with van der Waals surface area (Å²) < 4.78 is 78.6. The van der Waals surface area contributed by atoms with Crippen molar-refractivity contribution in [1.29, 1.82) is 0 Å². The molecule has 0 radical (unpaired) electrons. The van der Waals surface area contributed by atoms with E-state index < -0.39 is 45.4 Å². The highest BCUT2D eigenvalue weighted by molar-refractivity contribution is 7.98. The Kier molecular flexibility index (Phi) is 7.03. The molecule has 0 aliphatic heterocycles. The number of nitrogens with one attached hydrogen (secondary N) is 1. The van der Waals surface area contributed by atoms with Crippen molar-refractivity contribution in [2.45, 2.75) is 37.6 Å². The maximum absolute atomic E-state index is 14.7. The quantitative estimate of drug-likeness (QED) is 0.287. The first-order valence-electron chi connectivity index (χ1n) is 9.65. The van der Waals surface area contributed by atoms with Crippen molar-refractivity contribution in [1.82, 2.24) is 14.5 Å². The highest BCUT2D eigenvalue weighted by Crippen LogP contribution is 2.27. The van der Waals surface area contributed by atoms with Crippen LogP contribution < -0.4 is 10.3 Å². The molecule has 0 saturated heterocycles. The van der Waals surface area contributed by atoms with Crippen molar-refractivity contribution in [2.24, 2.45) is 0 Å². The number of fused-ring (bicyclic) bond motifs is 1. The van der Waals surface area contributed by atoms with Gasteiger partial charge in [0.25, 0.3) is 5.56 Å². The lowest BCUT2D eigenvalue weighted by Crippen LogP contribution is -2.25. The molecule has 1 aromatic carbocycles. The fourth-order valence-electron chi connectivity index (χ4n) is 3.12. The summed E-state index contributed by atoms with van der Waals surface area (Å²) in [5, 5.41) is 1.03. The molecule has 33 heavy (non-hydrogen) atoms. The second-order valence-electron chi connectivity index (χ2n) is 7.44. The number of anilines is 1. The molecule has 0 aliphatic carbocycles. The van der Waals surface area contributed by atoms with Gasteiger partial charge in [-0.05, 0) is 43.9 Å². The largest absolute Gasteiger partial charge is 0.390 e. The highest BCUT2D eigenvalue weighted by Gasteiger charge is 2.30. The second kappa shape index (κ2) is 9.29. The zero-order chi connectivity index (χ0) is 24.6. The van der Waals surface area contributed by atoms with Crippen LogP contribution in [0.15, 0.2) is 40.4 Å². The summed E-state index contributed by atoms with van der Waals surface area (Å²) in [6, 6.07) is 4.57. The minimum Gasteiger partial charge on any atom is -0.289 e. The molecule has 7 nitrogen and oxygen atoms in total. The lowest BCUT2D eigenvalue weighted by atomic mass is 10.0. The first-order chi connectivity index (χ1) is 15.3. The third-order valence-corrected chi connectivity index (χ3v) is 6.48. The van der Waals surface area contributed by atoms with Crippen LogP contribution >= 0.6 is 11.8 Å². The van der Waals surface area contributed by atoms with Crippen molar-refractivity contribution < 1.29 is 26.0 Å². The number of aromatic nitrogens is 3. The van der Waals surface area contributed by atoms with Gasteiger partial charge in [0.05, 0.1) is 17.9 Å². The van der Waals surface area contributed by atoms with E-state index in [0.717, 1.165) is 12.1 Å². The van der Waals surface area contributed by atoms with Gasteiger partial charge < -0.3 is 0 Å². The van der Waals surface area contributed by atoms with Gasteiger partial charge in [0.2, 0.25) is 10.0 Å². The number of thioether (sulfide) groups is 1. The van der Waals surface area contributed by atoms with Crippen LogP contribution in [-0.2, 0) is 10.0 Å². The molecule has 3 aromatic rings. The Morgan fingerprint density at radius 3 is 2.48 bits per heavy atom. The molecule has 0 atom stereocenters. The molecule has 2 heterocycles. The first kappa shape index (κ1) is 25.0. The van der Waals surface area contributed by atoms with Crippen molar-refractivity contribution in [3.05, 3.63) is 46.6 Å². The third-order valence-electron chi connectivity index (χ3n) is 4.65. The Morgan fingerprint density at radius 1 is 1.21 bits per heavy atom. The van der Waals surface area contributed by atoms with Crippen molar-refractivity contribution in [3.63, 3.8) is 0 Å². The lowest BCUT2D eigenvalue weighted by Gasteiger charge is -2.16. The predicted octanol–water partition coefficient (Wildman–Crippen LogP) is 4.59. The van der Waals surface area contributed by atoms with Gasteiger partial charge in [-0.25, -0.2) is 22.8 Å². The van der Waals surface area contributed by atoms with Gasteiger partial charge in [0.1, 0.15) is 11.5 Å². The van der Waals surface area contributed by atoms with Gasteiger partial charge in [0.15, 0.2) is 5.16 Å². The minimum absolute atomic E-state index is 0.141. The monoisotopic (exact) mass is 504 g/mol. The maximum Gasteiger partial charge on any atom is 0.390 e. The molecule has 0 aliphatic rings. The van der Waals surface area contributed by atoms with Crippen LogP contribution in [0.4, 0.5) is 23.2 Å². The summed E-state index contributed by atoms with van der Waals surface area (Å²) in [5.41, 5.74) is -0.212. The highest BCUT2D eigenvalue weighted by atomic mass is 32.2. The number of benzene rings is 1. The number of pyridine rings is 1. The molecular formula is C20H20F4N4O3S2. The van der Waals surface area contributed by atoms with Crippen molar-refractivity contribution >= 4 is 38.5 Å². The predicted molar refractivity (Wildman–Crippen MR) is 119 cm³/mol. The third kappa shape index (κ3) is 5.82. The summed E-state index contributed by atoms with van der Waals surface area (Å²) >= 11 is 1.32. The number of alkyl halides is 3. The van der Waals surface area contributed by atoms with E-state index in [1.165, 1.54) is 28.5 Å². The van der Waals surface area contributed by atoms with Crippen LogP contribution in [0.5, 0.6) is 0 Å². The van der Waals surface area contributed by atoms with Crippen LogP contribution in [0.1, 0.15) is 26.3 Å². The Labute approximate surface area is 191 Å². The number of hydrogen-bond donors (Lipinski definition) is 1. The fraction of sp³-hybridized carbons (Fsp3) is 0.350. The molecule has 0 unspecified atom stereocenters. The van der Waals surface area contributed by atoms with Crippen LogP contribution in [0.25, 0.3) is 22.2 Å². The molecule has 3 rings (SSSR count). The molecule has 2 aromatic heterocycles. The van der Waals surface area contributed by atoms with E-state index in [1.54, 1.807) is 26.3 Å². The molecular weight excluding hydrogens is 484 g/mol. The van der Waals surface area contributed by atoms with E-state index in [4.69, 9.17) is 0 Å². The Morgan fingerprint density at radius 2 is 1.91 bits per heavy atom. The Hall–Kier alpha value is -2.67. The Bertz CT molecular complexity index is 1360. The zero-order valence-electron chi connectivity index (χ0n) is 17.8. The zero-order valence-corrected chi connectivity index (χ0v) is 19.4. The van der Waals surface area contributed by atoms with E-state index in [2.05, 4.69) is 9.97 Å². The molecule has 0 fully saturated rings. The molecule has 178 valence electrons. The topological polar surface area (TPSA) is 94.0 Å². The first-order valence-corrected chi connectivity index (χ1v) is 12.5. The average Bonchev–Trinajstić information content (AvgIpc) is 2.72. The van der Waals surface area contributed by atoms with E-state index in [0.29, 0.717) is 16.2 Å². The lowest BCUT2D eigenvalue weighted by molar-refractivity contribution is -0.129. The van der Waals surface area contributed by atoms with Gasteiger partial charge in [0, 0.05) is 23.2 Å². The molecule has 0 saturated carbocycles. The van der Waals surface area contributed by atoms with Crippen molar-refractivity contribution in [2.75, 3.05) is 16.7 Å².